The van der Waals surface area contributed by atoms with Gasteiger partial charge in [-0.1, -0.05) is 19.9 Å². The summed E-state index contributed by atoms with van der Waals surface area (Å²) in [4.78, 5) is 12.2. The molecule has 4 heteroatoms. The molecule has 2 aromatic carbocycles. The zero-order valence-electron chi connectivity index (χ0n) is 12.9. The highest BCUT2D eigenvalue weighted by molar-refractivity contribution is 9.10. The second-order valence-corrected chi connectivity index (χ2v) is 6.05. The highest BCUT2D eigenvalue weighted by Gasteiger charge is 2.12. The Balaban J connectivity index is 2.11. The van der Waals surface area contributed by atoms with Gasteiger partial charge < -0.3 is 9.47 Å². The van der Waals surface area contributed by atoms with Crippen LogP contribution in [0.25, 0.3) is 0 Å². The van der Waals surface area contributed by atoms with Crippen molar-refractivity contribution in [3.63, 3.8) is 0 Å². The number of esters is 1. The molecule has 0 spiro atoms. The van der Waals surface area contributed by atoms with Gasteiger partial charge in [0.15, 0.2) is 0 Å². The average molecular weight is 363 g/mol. The Morgan fingerprint density at radius 2 is 1.82 bits per heavy atom. The molecule has 0 bridgehead atoms. The molecular formula is C18H19BrO3. The van der Waals surface area contributed by atoms with E-state index in [4.69, 9.17) is 9.47 Å². The van der Waals surface area contributed by atoms with Crippen LogP contribution in [0.1, 0.15) is 42.6 Å². The van der Waals surface area contributed by atoms with Crippen LogP contribution in [0.5, 0.6) is 11.5 Å². The topological polar surface area (TPSA) is 35.5 Å². The molecule has 0 saturated carbocycles. The molecule has 2 aromatic rings. The maximum absolute atomic E-state index is 12.2. The fourth-order valence-corrected chi connectivity index (χ4v) is 2.45. The Bertz CT molecular complexity index is 648. The quantitative estimate of drug-likeness (QED) is 0.542. The number of carbonyl (C=O) groups is 1. The van der Waals surface area contributed by atoms with Gasteiger partial charge in [-0.2, -0.15) is 0 Å². The number of benzene rings is 2. The number of rotatable bonds is 5. The fraction of sp³-hybridized carbons (Fsp3) is 0.278. The molecule has 0 aliphatic carbocycles. The fourth-order valence-electron chi connectivity index (χ4n) is 1.97. The maximum atomic E-state index is 12.2. The van der Waals surface area contributed by atoms with E-state index in [2.05, 4.69) is 29.8 Å². The summed E-state index contributed by atoms with van der Waals surface area (Å²) in [6.07, 6.45) is 0. The van der Waals surface area contributed by atoms with Crippen molar-refractivity contribution in [1.29, 1.82) is 0 Å². The normalized spacial score (nSPS) is 10.6. The molecule has 0 atom stereocenters. The van der Waals surface area contributed by atoms with E-state index in [0.29, 0.717) is 23.8 Å². The van der Waals surface area contributed by atoms with Crippen molar-refractivity contribution in [3.8, 4) is 11.5 Å². The molecular weight excluding hydrogens is 344 g/mol. The number of halogens is 1. The summed E-state index contributed by atoms with van der Waals surface area (Å²) in [5, 5.41) is 0. The van der Waals surface area contributed by atoms with Crippen LogP contribution in [-0.4, -0.2) is 12.6 Å². The van der Waals surface area contributed by atoms with E-state index >= 15 is 0 Å². The van der Waals surface area contributed by atoms with Crippen LogP contribution in [0.3, 0.4) is 0 Å². The second-order valence-electron chi connectivity index (χ2n) is 5.19. The van der Waals surface area contributed by atoms with E-state index in [-0.39, 0.29) is 5.97 Å². The van der Waals surface area contributed by atoms with Gasteiger partial charge in [0.05, 0.1) is 16.6 Å². The first-order valence-corrected chi connectivity index (χ1v) is 8.05. The average Bonchev–Trinajstić information content (AvgIpc) is 2.50. The Morgan fingerprint density at radius 3 is 2.36 bits per heavy atom. The maximum Gasteiger partial charge on any atom is 0.343 e. The minimum Gasteiger partial charge on any atom is -0.494 e. The van der Waals surface area contributed by atoms with Crippen LogP contribution in [0.15, 0.2) is 46.9 Å². The third kappa shape index (κ3) is 4.10. The largest absolute Gasteiger partial charge is 0.494 e. The molecule has 2 rings (SSSR count). The van der Waals surface area contributed by atoms with E-state index in [1.807, 2.05) is 25.1 Å². The number of carbonyl (C=O) groups excluding carboxylic acids is 1. The SMILES string of the molecule is CCOc1ccc(C(=O)Oc2ccc(C(C)C)cc2Br)cc1. The lowest BCUT2D eigenvalue weighted by atomic mass is 10.0. The van der Waals surface area contributed by atoms with Crippen molar-refractivity contribution >= 4 is 21.9 Å². The van der Waals surface area contributed by atoms with Gasteiger partial charge in [0.25, 0.3) is 0 Å². The molecule has 0 heterocycles. The van der Waals surface area contributed by atoms with Crippen LogP contribution in [-0.2, 0) is 0 Å². The molecule has 0 amide bonds. The first kappa shape index (κ1) is 16.6. The molecule has 0 aliphatic heterocycles. The summed E-state index contributed by atoms with van der Waals surface area (Å²) in [6.45, 7) is 6.75. The Morgan fingerprint density at radius 1 is 1.14 bits per heavy atom. The van der Waals surface area contributed by atoms with Crippen LogP contribution >= 0.6 is 15.9 Å². The zero-order valence-corrected chi connectivity index (χ0v) is 14.5. The Labute approximate surface area is 139 Å². The van der Waals surface area contributed by atoms with E-state index in [1.165, 1.54) is 5.56 Å². The first-order valence-electron chi connectivity index (χ1n) is 7.25. The number of hydrogen-bond acceptors (Lipinski definition) is 3. The molecule has 116 valence electrons. The van der Waals surface area contributed by atoms with Crippen LogP contribution in [0.2, 0.25) is 0 Å². The first-order chi connectivity index (χ1) is 10.5. The van der Waals surface area contributed by atoms with Crippen LogP contribution in [0, 0.1) is 0 Å². The lowest BCUT2D eigenvalue weighted by molar-refractivity contribution is 0.0733. The van der Waals surface area contributed by atoms with Gasteiger partial charge >= 0.3 is 5.97 Å². The summed E-state index contributed by atoms with van der Waals surface area (Å²) < 4.78 is 11.6. The minimum atomic E-state index is -0.388. The summed E-state index contributed by atoms with van der Waals surface area (Å²) >= 11 is 3.45. The zero-order chi connectivity index (χ0) is 16.1. The monoisotopic (exact) mass is 362 g/mol. The van der Waals surface area contributed by atoms with Gasteiger partial charge in [-0.05, 0) is 70.7 Å². The van der Waals surface area contributed by atoms with Gasteiger partial charge in [-0.15, -0.1) is 0 Å². The van der Waals surface area contributed by atoms with E-state index in [1.54, 1.807) is 24.3 Å². The Hall–Kier alpha value is -1.81. The van der Waals surface area contributed by atoms with Crippen LogP contribution in [0.4, 0.5) is 0 Å². The molecule has 0 unspecified atom stereocenters. The van der Waals surface area contributed by atoms with Gasteiger partial charge in [0.2, 0.25) is 0 Å². The molecule has 22 heavy (non-hydrogen) atoms. The van der Waals surface area contributed by atoms with E-state index < -0.39 is 0 Å². The predicted octanol–water partition coefficient (Wildman–Crippen LogP) is 5.19. The van der Waals surface area contributed by atoms with E-state index in [9.17, 15) is 4.79 Å². The standard InChI is InChI=1S/C18H19BrO3/c1-4-21-15-8-5-13(6-9-15)18(20)22-17-10-7-14(12(2)3)11-16(17)19/h5-12H,4H2,1-3H3. The molecule has 0 saturated heterocycles. The summed E-state index contributed by atoms with van der Waals surface area (Å²) in [5.41, 5.74) is 1.68. The summed E-state index contributed by atoms with van der Waals surface area (Å²) in [5.74, 6) is 1.29. The van der Waals surface area contributed by atoms with Gasteiger partial charge in [0.1, 0.15) is 11.5 Å². The third-order valence-corrected chi connectivity index (χ3v) is 3.85. The number of hydrogen-bond donors (Lipinski definition) is 0. The lowest BCUT2D eigenvalue weighted by Gasteiger charge is -2.10. The van der Waals surface area contributed by atoms with Gasteiger partial charge in [-0.3, -0.25) is 0 Å². The van der Waals surface area contributed by atoms with Gasteiger partial charge in [-0.25, -0.2) is 4.79 Å². The van der Waals surface area contributed by atoms with Crippen molar-refractivity contribution < 1.29 is 14.3 Å². The second kappa shape index (κ2) is 7.45. The Kier molecular flexibility index (Phi) is 5.61. The van der Waals surface area contributed by atoms with Crippen molar-refractivity contribution in [2.24, 2.45) is 0 Å². The molecule has 0 aliphatic rings. The van der Waals surface area contributed by atoms with Crippen LogP contribution < -0.4 is 9.47 Å². The van der Waals surface area contributed by atoms with Crippen molar-refractivity contribution in [1.82, 2.24) is 0 Å². The third-order valence-electron chi connectivity index (χ3n) is 3.23. The predicted molar refractivity (Wildman–Crippen MR) is 90.8 cm³/mol. The minimum absolute atomic E-state index is 0.388. The van der Waals surface area contributed by atoms with Crippen molar-refractivity contribution in [3.05, 3.63) is 58.1 Å². The summed E-state index contributed by atoms with van der Waals surface area (Å²) in [7, 11) is 0. The molecule has 0 aromatic heterocycles. The molecule has 3 nitrogen and oxygen atoms in total. The smallest absolute Gasteiger partial charge is 0.343 e. The molecule has 0 N–H and O–H groups in total. The number of ether oxygens (including phenoxy) is 2. The molecule has 0 radical (unpaired) electrons. The van der Waals surface area contributed by atoms with E-state index in [0.717, 1.165) is 10.2 Å². The van der Waals surface area contributed by atoms with Crippen molar-refractivity contribution in [2.45, 2.75) is 26.7 Å². The van der Waals surface area contributed by atoms with Crippen molar-refractivity contribution in [2.75, 3.05) is 6.61 Å². The van der Waals surface area contributed by atoms with Gasteiger partial charge in [0, 0.05) is 0 Å². The molecule has 0 fully saturated rings. The lowest BCUT2D eigenvalue weighted by Crippen LogP contribution is -2.09. The highest BCUT2D eigenvalue weighted by Crippen LogP contribution is 2.29. The highest BCUT2D eigenvalue weighted by atomic mass is 79.9. The summed E-state index contributed by atoms with van der Waals surface area (Å²) in [6, 6.07) is 12.7.